The van der Waals surface area contributed by atoms with E-state index in [0.29, 0.717) is 12.5 Å². The molecule has 1 rings (SSSR count). The van der Waals surface area contributed by atoms with Crippen LogP contribution in [0.1, 0.15) is 40.5 Å². The number of hydrogen-bond donors (Lipinski definition) is 2. The second-order valence-corrected chi connectivity index (χ2v) is 5.53. The quantitative estimate of drug-likeness (QED) is 0.719. The van der Waals surface area contributed by atoms with E-state index in [-0.39, 0.29) is 6.04 Å². The topological polar surface area (TPSA) is 71.1 Å². The van der Waals surface area contributed by atoms with Gasteiger partial charge < -0.3 is 19.9 Å². The predicted octanol–water partition coefficient (Wildman–Crippen LogP) is 1.44. The smallest absolute Gasteiger partial charge is 0.407 e. The van der Waals surface area contributed by atoms with Crippen LogP contribution in [0, 0.1) is 0 Å². The van der Waals surface area contributed by atoms with Crippen molar-refractivity contribution < 1.29 is 19.4 Å². The lowest BCUT2D eigenvalue weighted by atomic mass is 10.1. The normalized spacial score (nSPS) is 22.8. The molecule has 5 heteroatoms. The molecule has 5 nitrogen and oxygen atoms in total. The molecule has 0 aliphatic carbocycles. The number of aliphatic hydroxyl groups excluding tert-OH is 1. The first-order chi connectivity index (χ1) is 7.78. The number of alkyl carbamates (subject to hydrolysis) is 1. The number of nitrogens with one attached hydrogen (secondary N) is 1. The zero-order valence-electron chi connectivity index (χ0n) is 11.0. The van der Waals surface area contributed by atoms with Gasteiger partial charge in [-0.3, -0.25) is 0 Å². The molecular weight excluding hydrogens is 222 g/mol. The van der Waals surface area contributed by atoms with Crippen molar-refractivity contribution in [2.45, 2.75) is 64.4 Å². The molecule has 1 aliphatic heterocycles. The summed E-state index contributed by atoms with van der Waals surface area (Å²) in [4.78, 5) is 11.5. The molecular formula is C12H23NO4. The molecule has 1 amide bonds. The van der Waals surface area contributed by atoms with Crippen molar-refractivity contribution in [3.05, 3.63) is 0 Å². The average molecular weight is 245 g/mol. The standard InChI is InChI=1S/C12H23NO4/c1-8(10(14)6-5-9-7-16-9)13-11(15)17-12(2,3)4/h8-10,14H,5-7H2,1-4H3,(H,13,15)/t8-,9?,10?/m1/s1. The zero-order valence-corrected chi connectivity index (χ0v) is 11.0. The Hall–Kier alpha value is -0.810. The molecule has 0 aromatic carbocycles. The Morgan fingerprint density at radius 2 is 2.18 bits per heavy atom. The molecule has 2 unspecified atom stereocenters. The van der Waals surface area contributed by atoms with Crippen LogP contribution < -0.4 is 5.32 Å². The van der Waals surface area contributed by atoms with Crippen molar-refractivity contribution in [2.24, 2.45) is 0 Å². The molecule has 0 bridgehead atoms. The van der Waals surface area contributed by atoms with Crippen LogP contribution in [-0.4, -0.2) is 41.7 Å². The molecule has 0 aromatic rings. The first-order valence-corrected chi connectivity index (χ1v) is 6.07. The fourth-order valence-corrected chi connectivity index (χ4v) is 1.43. The van der Waals surface area contributed by atoms with Crippen LogP contribution in [0.2, 0.25) is 0 Å². The van der Waals surface area contributed by atoms with E-state index in [1.807, 2.05) is 0 Å². The number of hydrogen-bond acceptors (Lipinski definition) is 4. The van der Waals surface area contributed by atoms with Gasteiger partial charge in [0.1, 0.15) is 5.60 Å². The maximum Gasteiger partial charge on any atom is 0.407 e. The van der Waals surface area contributed by atoms with Crippen molar-refractivity contribution in [1.29, 1.82) is 0 Å². The van der Waals surface area contributed by atoms with E-state index in [1.54, 1.807) is 27.7 Å². The fourth-order valence-electron chi connectivity index (χ4n) is 1.43. The third-order valence-electron chi connectivity index (χ3n) is 2.51. The van der Waals surface area contributed by atoms with Gasteiger partial charge in [-0.05, 0) is 40.5 Å². The summed E-state index contributed by atoms with van der Waals surface area (Å²) in [6.07, 6.45) is 0.708. The first kappa shape index (κ1) is 14.3. The van der Waals surface area contributed by atoms with Crippen LogP contribution in [0.25, 0.3) is 0 Å². The minimum absolute atomic E-state index is 0.304. The molecule has 0 aromatic heterocycles. The number of aliphatic hydroxyl groups is 1. The monoisotopic (exact) mass is 245 g/mol. The Morgan fingerprint density at radius 3 is 2.65 bits per heavy atom. The van der Waals surface area contributed by atoms with Gasteiger partial charge in [0, 0.05) is 0 Å². The Morgan fingerprint density at radius 1 is 1.59 bits per heavy atom. The van der Waals surface area contributed by atoms with E-state index in [2.05, 4.69) is 5.32 Å². The summed E-state index contributed by atoms with van der Waals surface area (Å²) in [6, 6.07) is -0.316. The first-order valence-electron chi connectivity index (χ1n) is 6.07. The van der Waals surface area contributed by atoms with E-state index in [0.717, 1.165) is 13.0 Å². The van der Waals surface area contributed by atoms with Crippen LogP contribution in [0.15, 0.2) is 0 Å². The Balaban J connectivity index is 2.21. The van der Waals surface area contributed by atoms with E-state index in [9.17, 15) is 9.90 Å². The molecule has 0 radical (unpaired) electrons. The van der Waals surface area contributed by atoms with Gasteiger partial charge in [-0.15, -0.1) is 0 Å². The largest absolute Gasteiger partial charge is 0.444 e. The van der Waals surface area contributed by atoms with Crippen molar-refractivity contribution in [2.75, 3.05) is 6.61 Å². The summed E-state index contributed by atoms with van der Waals surface area (Å²) in [5.74, 6) is 0. The van der Waals surface area contributed by atoms with Crippen molar-refractivity contribution >= 4 is 6.09 Å². The summed E-state index contributed by atoms with van der Waals surface area (Å²) in [7, 11) is 0. The second kappa shape index (κ2) is 5.69. The molecule has 2 N–H and O–H groups in total. The van der Waals surface area contributed by atoms with E-state index >= 15 is 0 Å². The molecule has 100 valence electrons. The fraction of sp³-hybridized carbons (Fsp3) is 0.917. The highest BCUT2D eigenvalue weighted by atomic mass is 16.6. The van der Waals surface area contributed by atoms with Gasteiger partial charge in [0.05, 0.1) is 24.9 Å². The number of amides is 1. The number of ether oxygens (including phenoxy) is 2. The Bertz CT molecular complexity index is 258. The predicted molar refractivity (Wildman–Crippen MR) is 63.8 cm³/mol. The van der Waals surface area contributed by atoms with Gasteiger partial charge in [0.2, 0.25) is 0 Å². The maximum atomic E-state index is 11.5. The summed E-state index contributed by atoms with van der Waals surface area (Å²) in [5.41, 5.74) is -0.517. The van der Waals surface area contributed by atoms with Gasteiger partial charge in [0.15, 0.2) is 0 Å². The van der Waals surface area contributed by atoms with Gasteiger partial charge in [-0.1, -0.05) is 0 Å². The summed E-state index contributed by atoms with van der Waals surface area (Å²) in [6.45, 7) is 7.97. The van der Waals surface area contributed by atoms with E-state index < -0.39 is 17.8 Å². The molecule has 1 heterocycles. The van der Waals surface area contributed by atoms with Crippen LogP contribution in [0.4, 0.5) is 4.79 Å². The lowest BCUT2D eigenvalue weighted by Gasteiger charge is -2.24. The second-order valence-electron chi connectivity index (χ2n) is 5.53. The Labute approximate surface area is 102 Å². The highest BCUT2D eigenvalue weighted by Gasteiger charge is 2.26. The van der Waals surface area contributed by atoms with Crippen molar-refractivity contribution in [3.63, 3.8) is 0 Å². The number of epoxide rings is 1. The van der Waals surface area contributed by atoms with E-state index in [4.69, 9.17) is 9.47 Å². The third-order valence-corrected chi connectivity index (χ3v) is 2.51. The minimum Gasteiger partial charge on any atom is -0.444 e. The van der Waals surface area contributed by atoms with Gasteiger partial charge >= 0.3 is 6.09 Å². The van der Waals surface area contributed by atoms with Crippen LogP contribution in [0.5, 0.6) is 0 Å². The van der Waals surface area contributed by atoms with Gasteiger partial charge in [-0.25, -0.2) is 4.79 Å². The van der Waals surface area contributed by atoms with Gasteiger partial charge in [0.25, 0.3) is 0 Å². The number of carbonyl (C=O) groups is 1. The van der Waals surface area contributed by atoms with Crippen molar-refractivity contribution in [1.82, 2.24) is 5.32 Å². The SMILES string of the molecule is C[C@@H](NC(=O)OC(C)(C)C)C(O)CCC1CO1. The molecule has 0 saturated carbocycles. The van der Waals surface area contributed by atoms with Crippen LogP contribution in [-0.2, 0) is 9.47 Å². The summed E-state index contributed by atoms with van der Waals surface area (Å²) >= 11 is 0. The average Bonchev–Trinajstić information content (AvgIpc) is 2.93. The van der Waals surface area contributed by atoms with Gasteiger partial charge in [-0.2, -0.15) is 0 Å². The maximum absolute atomic E-state index is 11.5. The third kappa shape index (κ3) is 6.48. The highest BCUT2D eigenvalue weighted by Crippen LogP contribution is 2.17. The van der Waals surface area contributed by atoms with Crippen molar-refractivity contribution in [3.8, 4) is 0 Å². The zero-order chi connectivity index (χ0) is 13.1. The molecule has 0 spiro atoms. The van der Waals surface area contributed by atoms with Crippen LogP contribution in [0.3, 0.4) is 0 Å². The summed E-state index contributed by atoms with van der Waals surface area (Å²) < 4.78 is 10.2. The lowest BCUT2D eigenvalue weighted by molar-refractivity contribution is 0.0425. The number of rotatable bonds is 5. The summed E-state index contributed by atoms with van der Waals surface area (Å²) in [5, 5.41) is 12.4. The van der Waals surface area contributed by atoms with Crippen LogP contribution >= 0.6 is 0 Å². The Kier molecular flexibility index (Phi) is 4.77. The number of carbonyl (C=O) groups excluding carboxylic acids is 1. The molecule has 1 saturated heterocycles. The molecule has 17 heavy (non-hydrogen) atoms. The molecule has 1 fully saturated rings. The minimum atomic E-state index is -0.563. The molecule has 1 aliphatic rings. The highest BCUT2D eigenvalue weighted by molar-refractivity contribution is 5.68. The van der Waals surface area contributed by atoms with E-state index in [1.165, 1.54) is 0 Å². The lowest BCUT2D eigenvalue weighted by Crippen LogP contribution is -2.43. The molecule has 3 atom stereocenters.